The number of nitrogens with zero attached hydrogens (tertiary/aromatic N) is 1. The van der Waals surface area contributed by atoms with E-state index < -0.39 is 0 Å². The fourth-order valence-electron chi connectivity index (χ4n) is 1.70. The van der Waals surface area contributed by atoms with Gasteiger partial charge in [-0.05, 0) is 26.7 Å². The Balaban J connectivity index is 3.03. The van der Waals surface area contributed by atoms with E-state index in [0.717, 1.165) is 12.8 Å². The summed E-state index contributed by atoms with van der Waals surface area (Å²) < 4.78 is 0. The first-order valence-electron chi connectivity index (χ1n) is 5.50. The summed E-state index contributed by atoms with van der Waals surface area (Å²) in [7, 11) is 0. The molecule has 0 saturated carbocycles. The summed E-state index contributed by atoms with van der Waals surface area (Å²) in [5, 5.41) is 0. The third-order valence-electron chi connectivity index (χ3n) is 3.14. The second-order valence-electron chi connectivity index (χ2n) is 4.55. The average molecular weight is 209 g/mol. The van der Waals surface area contributed by atoms with Crippen LogP contribution in [0.2, 0.25) is 0 Å². The highest BCUT2D eigenvalue weighted by Gasteiger charge is 2.38. The fourth-order valence-corrected chi connectivity index (χ4v) is 1.70. The maximum absolute atomic E-state index is 12.0. The van der Waals surface area contributed by atoms with Gasteiger partial charge < -0.3 is 0 Å². The third kappa shape index (κ3) is 2.11. The molecule has 0 fully saturated rings. The first kappa shape index (κ1) is 12.0. The van der Waals surface area contributed by atoms with Crippen LogP contribution in [0.25, 0.3) is 0 Å². The van der Waals surface area contributed by atoms with Crippen molar-refractivity contribution in [2.75, 3.05) is 0 Å². The van der Waals surface area contributed by atoms with Crippen molar-refractivity contribution in [1.82, 2.24) is 4.90 Å². The number of amides is 2. The molecule has 0 aromatic carbocycles. The molecule has 84 valence electrons. The highest BCUT2D eigenvalue weighted by molar-refractivity contribution is 6.05. The second-order valence-corrected chi connectivity index (χ2v) is 4.55. The molecule has 0 spiro atoms. The second kappa shape index (κ2) is 4.17. The first-order chi connectivity index (χ1) is 6.94. The maximum Gasteiger partial charge on any atom is 0.253 e. The van der Waals surface area contributed by atoms with Gasteiger partial charge in [-0.2, -0.15) is 0 Å². The molecule has 0 saturated heterocycles. The van der Waals surface area contributed by atoms with Gasteiger partial charge in [0.05, 0.1) is 5.92 Å². The fraction of sp³-hybridized carbons (Fsp3) is 0.667. The van der Waals surface area contributed by atoms with E-state index in [1.54, 1.807) is 6.08 Å². The molecule has 1 aliphatic heterocycles. The van der Waals surface area contributed by atoms with Crippen molar-refractivity contribution in [3.63, 3.8) is 0 Å². The van der Waals surface area contributed by atoms with Gasteiger partial charge in [-0.3, -0.25) is 14.5 Å². The Bertz CT molecular complexity index is 305. The van der Waals surface area contributed by atoms with Crippen LogP contribution in [-0.4, -0.2) is 22.3 Å². The van der Waals surface area contributed by atoms with Gasteiger partial charge in [0.25, 0.3) is 5.91 Å². The van der Waals surface area contributed by atoms with Crippen LogP contribution in [0.4, 0.5) is 0 Å². The van der Waals surface area contributed by atoms with E-state index in [1.807, 2.05) is 27.7 Å². The van der Waals surface area contributed by atoms with Crippen LogP contribution in [0.3, 0.4) is 0 Å². The van der Waals surface area contributed by atoms with E-state index in [4.69, 9.17) is 0 Å². The van der Waals surface area contributed by atoms with Crippen molar-refractivity contribution in [1.29, 1.82) is 0 Å². The Kier molecular flexibility index (Phi) is 3.32. The van der Waals surface area contributed by atoms with Crippen LogP contribution in [0.5, 0.6) is 0 Å². The van der Waals surface area contributed by atoms with Crippen LogP contribution in [0.15, 0.2) is 12.2 Å². The minimum atomic E-state index is -0.383. The average Bonchev–Trinajstić information content (AvgIpc) is 2.18. The van der Waals surface area contributed by atoms with Crippen LogP contribution in [0.1, 0.15) is 40.5 Å². The van der Waals surface area contributed by atoms with Gasteiger partial charge in [-0.25, -0.2) is 0 Å². The summed E-state index contributed by atoms with van der Waals surface area (Å²) >= 11 is 0. The number of carbonyl (C=O) groups is 2. The smallest absolute Gasteiger partial charge is 0.253 e. The number of hydrogen-bond acceptors (Lipinski definition) is 2. The summed E-state index contributed by atoms with van der Waals surface area (Å²) in [5.41, 5.74) is -0.383. The molecule has 3 heteroatoms. The molecule has 0 aromatic heterocycles. The van der Waals surface area contributed by atoms with Crippen LogP contribution in [-0.2, 0) is 9.59 Å². The van der Waals surface area contributed by atoms with Crippen LogP contribution >= 0.6 is 0 Å². The molecule has 1 unspecified atom stereocenters. The van der Waals surface area contributed by atoms with Gasteiger partial charge in [0.1, 0.15) is 0 Å². The number of imide groups is 1. The van der Waals surface area contributed by atoms with E-state index in [2.05, 4.69) is 0 Å². The molecule has 0 radical (unpaired) electrons. The molecule has 0 aliphatic carbocycles. The summed E-state index contributed by atoms with van der Waals surface area (Å²) in [6, 6.07) is 0. The van der Waals surface area contributed by atoms with Crippen molar-refractivity contribution in [3.05, 3.63) is 12.2 Å². The van der Waals surface area contributed by atoms with E-state index in [-0.39, 0.29) is 23.3 Å². The maximum atomic E-state index is 12.0. The SMILES string of the molecule is CCC1C=CC(=O)N(C(C)(C)CC)C1=O. The summed E-state index contributed by atoms with van der Waals surface area (Å²) in [4.78, 5) is 25.1. The Labute approximate surface area is 91.1 Å². The minimum Gasteiger partial charge on any atom is -0.274 e. The molecule has 1 heterocycles. The number of rotatable bonds is 3. The standard InChI is InChI=1S/C12H19NO2/c1-5-9-7-8-10(14)13(11(9)15)12(3,4)6-2/h7-9H,5-6H2,1-4H3. The zero-order valence-electron chi connectivity index (χ0n) is 9.91. The first-order valence-corrected chi connectivity index (χ1v) is 5.50. The van der Waals surface area contributed by atoms with Crippen molar-refractivity contribution in [3.8, 4) is 0 Å². The predicted molar refractivity (Wildman–Crippen MR) is 59.1 cm³/mol. The van der Waals surface area contributed by atoms with E-state index in [9.17, 15) is 9.59 Å². The Morgan fingerprint density at radius 3 is 2.40 bits per heavy atom. The summed E-state index contributed by atoms with van der Waals surface area (Å²) in [6.07, 6.45) is 4.76. The molecule has 0 bridgehead atoms. The lowest BCUT2D eigenvalue weighted by atomic mass is 9.92. The van der Waals surface area contributed by atoms with Crippen molar-refractivity contribution >= 4 is 11.8 Å². The minimum absolute atomic E-state index is 0.0585. The molecule has 0 N–H and O–H groups in total. The molecule has 0 aromatic rings. The molecule has 1 atom stereocenters. The van der Waals surface area contributed by atoms with Gasteiger partial charge in [0.2, 0.25) is 5.91 Å². The lowest BCUT2D eigenvalue weighted by Crippen LogP contribution is -2.53. The highest BCUT2D eigenvalue weighted by Crippen LogP contribution is 2.26. The molecular formula is C12H19NO2. The lowest BCUT2D eigenvalue weighted by Gasteiger charge is -2.39. The quantitative estimate of drug-likeness (QED) is 0.668. The summed E-state index contributed by atoms with van der Waals surface area (Å²) in [5.74, 6) is -0.373. The monoisotopic (exact) mass is 209 g/mol. The zero-order chi connectivity index (χ0) is 11.6. The summed E-state index contributed by atoms with van der Waals surface area (Å²) in [6.45, 7) is 7.79. The predicted octanol–water partition coefficient (Wildman–Crippen LogP) is 2.13. The lowest BCUT2D eigenvalue weighted by molar-refractivity contribution is -0.151. The van der Waals surface area contributed by atoms with E-state index >= 15 is 0 Å². The Hall–Kier alpha value is -1.12. The molecular weight excluding hydrogens is 190 g/mol. The zero-order valence-corrected chi connectivity index (χ0v) is 9.91. The molecule has 3 nitrogen and oxygen atoms in total. The van der Waals surface area contributed by atoms with Gasteiger partial charge >= 0.3 is 0 Å². The third-order valence-corrected chi connectivity index (χ3v) is 3.14. The molecule has 1 aliphatic rings. The van der Waals surface area contributed by atoms with E-state index in [0.29, 0.717) is 0 Å². The normalized spacial score (nSPS) is 22.4. The number of hydrogen-bond donors (Lipinski definition) is 0. The van der Waals surface area contributed by atoms with Crippen molar-refractivity contribution in [2.45, 2.75) is 46.1 Å². The highest BCUT2D eigenvalue weighted by atomic mass is 16.2. The van der Waals surface area contributed by atoms with Gasteiger partial charge in [-0.15, -0.1) is 0 Å². The Morgan fingerprint density at radius 1 is 1.33 bits per heavy atom. The van der Waals surface area contributed by atoms with Crippen LogP contribution in [0, 0.1) is 5.92 Å². The van der Waals surface area contributed by atoms with Gasteiger partial charge in [0, 0.05) is 11.6 Å². The largest absolute Gasteiger partial charge is 0.274 e. The van der Waals surface area contributed by atoms with Crippen molar-refractivity contribution < 1.29 is 9.59 Å². The number of carbonyl (C=O) groups excluding carboxylic acids is 2. The van der Waals surface area contributed by atoms with Gasteiger partial charge in [-0.1, -0.05) is 19.9 Å². The van der Waals surface area contributed by atoms with Gasteiger partial charge in [0.15, 0.2) is 0 Å². The topological polar surface area (TPSA) is 37.4 Å². The Morgan fingerprint density at radius 2 is 1.93 bits per heavy atom. The molecule has 2 amide bonds. The molecule has 15 heavy (non-hydrogen) atoms. The van der Waals surface area contributed by atoms with Crippen molar-refractivity contribution in [2.24, 2.45) is 5.92 Å². The molecule has 1 rings (SSSR count). The van der Waals surface area contributed by atoms with E-state index in [1.165, 1.54) is 11.0 Å². The van der Waals surface area contributed by atoms with Crippen LogP contribution < -0.4 is 0 Å².